The second kappa shape index (κ2) is 6.47. The lowest BCUT2D eigenvalue weighted by atomic mass is 10.1. The highest BCUT2D eigenvalue weighted by atomic mass is 32.2. The maximum absolute atomic E-state index is 11.3. The molecule has 6 nitrogen and oxygen atoms in total. The summed E-state index contributed by atoms with van der Waals surface area (Å²) < 4.78 is 22.6. The van der Waals surface area contributed by atoms with E-state index in [4.69, 9.17) is 5.14 Å². The zero-order valence-electron chi connectivity index (χ0n) is 11.5. The predicted molar refractivity (Wildman–Crippen MR) is 81.0 cm³/mol. The Morgan fingerprint density at radius 2 is 2.10 bits per heavy atom. The van der Waals surface area contributed by atoms with E-state index in [1.165, 1.54) is 12.1 Å². The number of hydrogen-bond acceptors (Lipinski definition) is 5. The number of primary sulfonamides is 1. The van der Waals surface area contributed by atoms with E-state index >= 15 is 0 Å². The van der Waals surface area contributed by atoms with Crippen molar-refractivity contribution >= 4 is 33.4 Å². The van der Waals surface area contributed by atoms with E-state index in [2.05, 4.69) is 0 Å². The standard InChI is InChI=1S/C12H18N2O4S2/c1-8(7-19-3)14(2)11-5-4-9(20(13,17)18)6-10(11)12(15)16/h4-6,8H,7H2,1-3H3,(H,15,16)(H2,13,17,18). The maximum atomic E-state index is 11.3. The van der Waals surface area contributed by atoms with Gasteiger partial charge in [0, 0.05) is 18.8 Å². The van der Waals surface area contributed by atoms with Gasteiger partial charge in [-0.2, -0.15) is 11.8 Å². The van der Waals surface area contributed by atoms with Gasteiger partial charge in [0.05, 0.1) is 16.1 Å². The van der Waals surface area contributed by atoms with E-state index in [1.54, 1.807) is 18.8 Å². The SMILES string of the molecule is CSCC(C)N(C)c1ccc(S(N)(=O)=O)cc1C(=O)O. The molecule has 1 aromatic rings. The second-order valence-corrected chi connectivity index (χ2v) is 6.92. The minimum atomic E-state index is -3.92. The Hall–Kier alpha value is -1.25. The zero-order chi connectivity index (χ0) is 15.5. The van der Waals surface area contributed by atoms with Crippen molar-refractivity contribution in [3.63, 3.8) is 0 Å². The molecule has 1 aromatic carbocycles. The molecular weight excluding hydrogens is 300 g/mol. The number of carboxylic acids is 1. The molecule has 0 fully saturated rings. The first-order chi connectivity index (χ1) is 9.18. The van der Waals surface area contributed by atoms with Crippen molar-refractivity contribution < 1.29 is 18.3 Å². The molecule has 0 spiro atoms. The predicted octanol–water partition coefficient (Wildman–Crippen LogP) is 1.22. The molecule has 0 heterocycles. The first kappa shape index (κ1) is 16.8. The average Bonchev–Trinajstić information content (AvgIpc) is 2.36. The van der Waals surface area contributed by atoms with Crippen LogP contribution in [0.25, 0.3) is 0 Å². The van der Waals surface area contributed by atoms with Gasteiger partial charge in [0.1, 0.15) is 0 Å². The van der Waals surface area contributed by atoms with E-state index in [-0.39, 0.29) is 16.5 Å². The van der Waals surface area contributed by atoms with Crippen LogP contribution in [0.2, 0.25) is 0 Å². The van der Waals surface area contributed by atoms with Gasteiger partial charge in [-0.1, -0.05) is 0 Å². The van der Waals surface area contributed by atoms with Crippen LogP contribution in [0.15, 0.2) is 23.1 Å². The number of benzene rings is 1. The fraction of sp³-hybridized carbons (Fsp3) is 0.417. The Morgan fingerprint density at radius 1 is 1.50 bits per heavy atom. The molecule has 0 aliphatic heterocycles. The minimum absolute atomic E-state index is 0.0769. The summed E-state index contributed by atoms with van der Waals surface area (Å²) >= 11 is 1.65. The van der Waals surface area contributed by atoms with Crippen LogP contribution in [0, 0.1) is 0 Å². The molecule has 3 N–H and O–H groups in total. The van der Waals surface area contributed by atoms with Gasteiger partial charge in [0.25, 0.3) is 0 Å². The topological polar surface area (TPSA) is 101 Å². The van der Waals surface area contributed by atoms with Crippen LogP contribution in [0.4, 0.5) is 5.69 Å². The number of nitrogens with zero attached hydrogens (tertiary/aromatic N) is 1. The van der Waals surface area contributed by atoms with Gasteiger partial charge in [-0.3, -0.25) is 0 Å². The van der Waals surface area contributed by atoms with Crippen molar-refractivity contribution in [1.29, 1.82) is 0 Å². The van der Waals surface area contributed by atoms with Gasteiger partial charge in [-0.15, -0.1) is 0 Å². The van der Waals surface area contributed by atoms with Gasteiger partial charge in [-0.05, 0) is 31.4 Å². The van der Waals surface area contributed by atoms with Crippen LogP contribution < -0.4 is 10.0 Å². The molecule has 0 saturated carbocycles. The fourth-order valence-electron chi connectivity index (χ4n) is 1.76. The van der Waals surface area contributed by atoms with Gasteiger partial charge in [-0.25, -0.2) is 18.4 Å². The van der Waals surface area contributed by atoms with E-state index in [0.29, 0.717) is 5.69 Å². The zero-order valence-corrected chi connectivity index (χ0v) is 13.2. The molecule has 1 rings (SSSR count). The number of aromatic carboxylic acids is 1. The van der Waals surface area contributed by atoms with Crippen LogP contribution in [0.1, 0.15) is 17.3 Å². The summed E-state index contributed by atoms with van der Waals surface area (Å²) in [6, 6.07) is 4.00. The van der Waals surface area contributed by atoms with Crippen molar-refractivity contribution in [1.82, 2.24) is 0 Å². The van der Waals surface area contributed by atoms with Gasteiger partial charge in [0.2, 0.25) is 10.0 Å². The van der Waals surface area contributed by atoms with Crippen molar-refractivity contribution in [2.75, 3.05) is 24.0 Å². The average molecular weight is 318 g/mol. The molecule has 8 heteroatoms. The van der Waals surface area contributed by atoms with Crippen molar-refractivity contribution in [3.05, 3.63) is 23.8 Å². The number of nitrogens with two attached hydrogens (primary N) is 1. The maximum Gasteiger partial charge on any atom is 0.337 e. The number of thioether (sulfide) groups is 1. The fourth-order valence-corrected chi connectivity index (χ4v) is 3.01. The molecule has 112 valence electrons. The third-order valence-corrected chi connectivity index (χ3v) is 4.70. The molecule has 0 amide bonds. The number of rotatable bonds is 6. The smallest absolute Gasteiger partial charge is 0.337 e. The third-order valence-electron chi connectivity index (χ3n) is 2.98. The molecule has 0 saturated heterocycles. The highest BCUT2D eigenvalue weighted by Gasteiger charge is 2.20. The molecule has 0 bridgehead atoms. The number of hydrogen-bond donors (Lipinski definition) is 2. The Morgan fingerprint density at radius 3 is 2.55 bits per heavy atom. The minimum Gasteiger partial charge on any atom is -0.478 e. The normalized spacial score (nSPS) is 13.0. The number of anilines is 1. The Kier molecular flexibility index (Phi) is 5.43. The first-order valence-electron chi connectivity index (χ1n) is 5.80. The summed E-state index contributed by atoms with van der Waals surface area (Å²) in [6.45, 7) is 1.97. The Bertz CT molecular complexity index is 601. The Labute approximate surface area is 123 Å². The summed E-state index contributed by atoms with van der Waals surface area (Å²) in [4.78, 5) is 12.9. The number of carbonyl (C=O) groups is 1. The van der Waals surface area contributed by atoms with E-state index < -0.39 is 16.0 Å². The van der Waals surface area contributed by atoms with Gasteiger partial charge < -0.3 is 10.0 Å². The lowest BCUT2D eigenvalue weighted by Gasteiger charge is -2.28. The van der Waals surface area contributed by atoms with Crippen LogP contribution in [-0.2, 0) is 10.0 Å². The molecule has 0 aromatic heterocycles. The van der Waals surface area contributed by atoms with Crippen LogP contribution in [0.3, 0.4) is 0 Å². The van der Waals surface area contributed by atoms with Crippen LogP contribution >= 0.6 is 11.8 Å². The molecule has 20 heavy (non-hydrogen) atoms. The highest BCUT2D eigenvalue weighted by molar-refractivity contribution is 7.98. The molecule has 0 aliphatic carbocycles. The summed E-state index contributed by atoms with van der Waals surface area (Å²) in [7, 11) is -2.14. The molecule has 0 radical (unpaired) electrons. The summed E-state index contributed by atoms with van der Waals surface area (Å²) in [5, 5.41) is 14.3. The van der Waals surface area contributed by atoms with E-state index in [1.807, 2.05) is 18.1 Å². The number of sulfonamides is 1. The highest BCUT2D eigenvalue weighted by Crippen LogP contribution is 2.25. The summed E-state index contributed by atoms with van der Waals surface area (Å²) in [5.74, 6) is -0.360. The third kappa shape index (κ3) is 3.87. The Balaban J connectivity index is 3.31. The molecule has 0 aliphatic rings. The lowest BCUT2D eigenvalue weighted by Crippen LogP contribution is -2.32. The number of carboxylic acid groups (broad SMARTS) is 1. The van der Waals surface area contributed by atoms with Gasteiger partial charge in [0.15, 0.2) is 0 Å². The van der Waals surface area contributed by atoms with Crippen molar-refractivity contribution in [3.8, 4) is 0 Å². The summed E-state index contributed by atoms with van der Waals surface area (Å²) in [6.07, 6.45) is 1.96. The summed E-state index contributed by atoms with van der Waals surface area (Å²) in [5.41, 5.74) is 0.387. The largest absolute Gasteiger partial charge is 0.478 e. The molecular formula is C12H18N2O4S2. The van der Waals surface area contributed by atoms with Crippen molar-refractivity contribution in [2.24, 2.45) is 5.14 Å². The van der Waals surface area contributed by atoms with Gasteiger partial charge >= 0.3 is 5.97 Å². The van der Waals surface area contributed by atoms with E-state index in [9.17, 15) is 18.3 Å². The van der Waals surface area contributed by atoms with Crippen molar-refractivity contribution in [2.45, 2.75) is 17.9 Å². The van der Waals surface area contributed by atoms with Crippen LogP contribution in [-0.4, -0.2) is 44.6 Å². The monoisotopic (exact) mass is 318 g/mol. The molecule has 1 atom stereocenters. The second-order valence-electron chi connectivity index (χ2n) is 4.44. The van der Waals surface area contributed by atoms with Crippen LogP contribution in [0.5, 0.6) is 0 Å². The first-order valence-corrected chi connectivity index (χ1v) is 8.74. The quantitative estimate of drug-likeness (QED) is 0.818. The van der Waals surface area contributed by atoms with E-state index in [0.717, 1.165) is 11.8 Å². The molecule has 1 unspecified atom stereocenters. The lowest BCUT2D eigenvalue weighted by molar-refractivity contribution is 0.0697.